The van der Waals surface area contributed by atoms with Gasteiger partial charge < -0.3 is 4.90 Å². The molecule has 0 radical (unpaired) electrons. The molecule has 1 saturated carbocycles. The van der Waals surface area contributed by atoms with Gasteiger partial charge in [0.05, 0.1) is 5.70 Å². The zero-order valence-electron chi connectivity index (χ0n) is 13.2. The largest absolute Gasteiger partial charge is 0.337 e. The summed E-state index contributed by atoms with van der Waals surface area (Å²) in [7, 11) is 0. The first-order valence-corrected chi connectivity index (χ1v) is 8.02. The number of rotatable bonds is 5. The number of piperazine rings is 1. The highest BCUT2D eigenvalue weighted by atomic mass is 16.1. The van der Waals surface area contributed by atoms with E-state index < -0.39 is 0 Å². The SMILES string of the molecule is C=C1CN(CC)C2CCCC2N1/C(=C\CCC)C(C)=O. The minimum Gasteiger partial charge on any atom is -0.337 e. The summed E-state index contributed by atoms with van der Waals surface area (Å²) in [5.41, 5.74) is 1.97. The lowest BCUT2D eigenvalue weighted by molar-refractivity contribution is -0.115. The Bertz CT molecular complexity index is 413. The van der Waals surface area contributed by atoms with Gasteiger partial charge in [-0.25, -0.2) is 0 Å². The fourth-order valence-corrected chi connectivity index (χ4v) is 3.70. The number of carbonyl (C=O) groups excluding carboxylic acids is 1. The fourth-order valence-electron chi connectivity index (χ4n) is 3.70. The van der Waals surface area contributed by atoms with Gasteiger partial charge >= 0.3 is 0 Å². The summed E-state index contributed by atoms with van der Waals surface area (Å²) in [6, 6.07) is 1.04. The second kappa shape index (κ2) is 6.57. The standard InChI is InChI=1S/C17H28N2O/c1-5-7-9-15(14(4)20)19-13(3)12-18(6-2)16-10-8-11-17(16)19/h9,16-17H,3,5-8,10-12H2,1-2,4H3/b15-9-. The molecule has 1 heterocycles. The van der Waals surface area contributed by atoms with Gasteiger partial charge in [0.15, 0.2) is 5.78 Å². The van der Waals surface area contributed by atoms with Crippen LogP contribution in [0.1, 0.15) is 52.9 Å². The smallest absolute Gasteiger partial charge is 0.175 e. The van der Waals surface area contributed by atoms with Crippen LogP contribution in [0.4, 0.5) is 0 Å². The van der Waals surface area contributed by atoms with E-state index in [1.807, 2.05) is 0 Å². The van der Waals surface area contributed by atoms with E-state index in [0.717, 1.165) is 37.3 Å². The van der Waals surface area contributed by atoms with Crippen LogP contribution in [0.5, 0.6) is 0 Å². The molecule has 20 heavy (non-hydrogen) atoms. The number of fused-ring (bicyclic) bond motifs is 1. The molecule has 0 spiro atoms. The number of carbonyl (C=O) groups is 1. The average molecular weight is 276 g/mol. The minimum absolute atomic E-state index is 0.176. The third kappa shape index (κ3) is 2.83. The molecule has 0 aromatic rings. The van der Waals surface area contributed by atoms with Gasteiger partial charge in [-0.1, -0.05) is 32.9 Å². The number of ketones is 1. The monoisotopic (exact) mass is 276 g/mol. The van der Waals surface area contributed by atoms with Gasteiger partial charge in [-0.3, -0.25) is 9.69 Å². The van der Waals surface area contributed by atoms with Gasteiger partial charge in [-0.2, -0.15) is 0 Å². The highest BCUT2D eigenvalue weighted by Crippen LogP contribution is 2.37. The number of Topliss-reactive ketones (excluding diaryl/α,β-unsaturated/α-hetero) is 1. The van der Waals surface area contributed by atoms with E-state index >= 15 is 0 Å². The molecule has 0 aromatic carbocycles. The van der Waals surface area contributed by atoms with E-state index in [1.54, 1.807) is 6.92 Å². The molecule has 2 rings (SSSR count). The van der Waals surface area contributed by atoms with Crippen molar-refractivity contribution in [2.24, 2.45) is 0 Å². The van der Waals surface area contributed by atoms with Crippen LogP contribution in [-0.2, 0) is 4.79 Å². The predicted octanol–water partition coefficient (Wildman–Crippen LogP) is 3.33. The number of likely N-dealkylation sites (N-methyl/N-ethyl adjacent to an activating group) is 1. The molecule has 2 atom stereocenters. The highest BCUT2D eigenvalue weighted by molar-refractivity contribution is 5.93. The summed E-state index contributed by atoms with van der Waals surface area (Å²) in [5, 5.41) is 0. The van der Waals surface area contributed by atoms with Crippen LogP contribution in [0.25, 0.3) is 0 Å². The second-order valence-electron chi connectivity index (χ2n) is 6.00. The quantitative estimate of drug-likeness (QED) is 0.720. The van der Waals surface area contributed by atoms with Crippen molar-refractivity contribution in [2.45, 2.75) is 65.0 Å². The Morgan fingerprint density at radius 3 is 2.65 bits per heavy atom. The molecular formula is C17H28N2O. The Labute approximate surface area is 123 Å². The van der Waals surface area contributed by atoms with E-state index in [2.05, 4.69) is 36.3 Å². The van der Waals surface area contributed by atoms with Crippen molar-refractivity contribution in [1.29, 1.82) is 0 Å². The first kappa shape index (κ1) is 15.3. The van der Waals surface area contributed by atoms with E-state index in [0.29, 0.717) is 12.1 Å². The van der Waals surface area contributed by atoms with Crippen molar-refractivity contribution in [3.63, 3.8) is 0 Å². The molecule has 1 aliphatic heterocycles. The summed E-state index contributed by atoms with van der Waals surface area (Å²) in [4.78, 5) is 16.9. The van der Waals surface area contributed by atoms with Gasteiger partial charge in [-0.15, -0.1) is 0 Å². The van der Waals surface area contributed by atoms with Crippen LogP contribution >= 0.6 is 0 Å². The molecule has 2 unspecified atom stereocenters. The van der Waals surface area contributed by atoms with E-state index in [-0.39, 0.29) is 5.78 Å². The molecule has 0 bridgehead atoms. The van der Waals surface area contributed by atoms with Crippen LogP contribution in [0.15, 0.2) is 24.0 Å². The number of nitrogens with zero attached hydrogens (tertiary/aromatic N) is 2. The second-order valence-corrected chi connectivity index (χ2v) is 6.00. The molecule has 1 saturated heterocycles. The van der Waals surface area contributed by atoms with Crippen molar-refractivity contribution in [1.82, 2.24) is 9.80 Å². The zero-order chi connectivity index (χ0) is 14.7. The molecule has 2 fully saturated rings. The van der Waals surface area contributed by atoms with Crippen LogP contribution in [-0.4, -0.2) is 40.8 Å². The van der Waals surface area contributed by atoms with E-state index in [4.69, 9.17) is 0 Å². The summed E-state index contributed by atoms with van der Waals surface area (Å²) in [6.45, 7) is 12.3. The molecule has 0 N–H and O–H groups in total. The Morgan fingerprint density at radius 1 is 1.35 bits per heavy atom. The predicted molar refractivity (Wildman–Crippen MR) is 83.3 cm³/mol. The van der Waals surface area contributed by atoms with Crippen LogP contribution < -0.4 is 0 Å². The number of allylic oxidation sites excluding steroid dienone is 2. The first-order valence-electron chi connectivity index (χ1n) is 8.02. The summed E-state index contributed by atoms with van der Waals surface area (Å²) >= 11 is 0. The third-order valence-electron chi connectivity index (χ3n) is 4.62. The maximum atomic E-state index is 12.1. The molecule has 2 aliphatic rings. The first-order chi connectivity index (χ1) is 9.60. The maximum Gasteiger partial charge on any atom is 0.175 e. The van der Waals surface area contributed by atoms with Gasteiger partial charge in [0, 0.05) is 31.2 Å². The highest BCUT2D eigenvalue weighted by Gasteiger charge is 2.42. The minimum atomic E-state index is 0.176. The maximum absolute atomic E-state index is 12.1. The summed E-state index contributed by atoms with van der Waals surface area (Å²) in [6.07, 6.45) is 7.84. The number of hydrogen-bond acceptors (Lipinski definition) is 3. The Hall–Kier alpha value is -1.09. The van der Waals surface area contributed by atoms with Crippen molar-refractivity contribution in [3.05, 3.63) is 24.0 Å². The lowest BCUT2D eigenvalue weighted by atomic mass is 10.0. The summed E-state index contributed by atoms with van der Waals surface area (Å²) in [5.74, 6) is 0.176. The molecular weight excluding hydrogens is 248 g/mol. The number of hydrogen-bond donors (Lipinski definition) is 0. The normalized spacial score (nSPS) is 27.9. The van der Waals surface area contributed by atoms with Crippen LogP contribution in [0.3, 0.4) is 0 Å². The zero-order valence-corrected chi connectivity index (χ0v) is 13.2. The Morgan fingerprint density at radius 2 is 2.05 bits per heavy atom. The third-order valence-corrected chi connectivity index (χ3v) is 4.62. The fraction of sp³-hybridized carbons (Fsp3) is 0.706. The van der Waals surface area contributed by atoms with Gasteiger partial charge in [0.1, 0.15) is 0 Å². The Kier molecular flexibility index (Phi) is 5.03. The molecule has 3 heteroatoms. The Balaban J connectivity index is 2.29. The molecule has 1 aliphatic carbocycles. The van der Waals surface area contributed by atoms with E-state index in [9.17, 15) is 4.79 Å². The summed E-state index contributed by atoms with van der Waals surface area (Å²) < 4.78 is 0. The van der Waals surface area contributed by atoms with Gasteiger partial charge in [0.2, 0.25) is 0 Å². The van der Waals surface area contributed by atoms with Crippen molar-refractivity contribution >= 4 is 5.78 Å². The lowest BCUT2D eigenvalue weighted by Crippen LogP contribution is -2.55. The van der Waals surface area contributed by atoms with Crippen molar-refractivity contribution < 1.29 is 4.79 Å². The van der Waals surface area contributed by atoms with Crippen LogP contribution in [0, 0.1) is 0 Å². The number of unbranched alkanes of at least 4 members (excludes halogenated alkanes) is 1. The van der Waals surface area contributed by atoms with Crippen molar-refractivity contribution in [2.75, 3.05) is 13.1 Å². The average Bonchev–Trinajstić information content (AvgIpc) is 2.89. The molecule has 0 aromatic heterocycles. The van der Waals surface area contributed by atoms with Crippen LogP contribution in [0.2, 0.25) is 0 Å². The van der Waals surface area contributed by atoms with Gasteiger partial charge in [0.25, 0.3) is 0 Å². The van der Waals surface area contributed by atoms with E-state index in [1.165, 1.54) is 19.3 Å². The van der Waals surface area contributed by atoms with Gasteiger partial charge in [-0.05, 0) is 32.2 Å². The molecule has 112 valence electrons. The van der Waals surface area contributed by atoms with Crippen molar-refractivity contribution in [3.8, 4) is 0 Å². The topological polar surface area (TPSA) is 23.6 Å². The molecule has 3 nitrogen and oxygen atoms in total. The molecule has 0 amide bonds. The lowest BCUT2D eigenvalue weighted by Gasteiger charge is -2.47.